The summed E-state index contributed by atoms with van der Waals surface area (Å²) >= 11 is 0. The first-order chi connectivity index (χ1) is 7.22. The summed E-state index contributed by atoms with van der Waals surface area (Å²) in [6, 6.07) is 0. The number of hydrogen-bond acceptors (Lipinski definition) is 7. The molecule has 96 valence electrons. The number of phosphoric ester groups is 1. The first-order valence-corrected chi connectivity index (χ1v) is 5.83. The van der Waals surface area contributed by atoms with Gasteiger partial charge < -0.3 is 34.9 Å². The standard InChI is InChI=1S/C6H13O9P/c7-3-2(1-14-16(11,12)13)15-6(10)5(9)4(3)8/h2-10H,1H2,(H2,11,12,13)/t2-,3-,4+,5+,6+/m0/s1. The van der Waals surface area contributed by atoms with Crippen molar-refractivity contribution in [3.63, 3.8) is 0 Å². The molecule has 1 rings (SSSR count). The molecule has 9 nitrogen and oxygen atoms in total. The number of aliphatic hydroxyl groups excluding tert-OH is 4. The van der Waals surface area contributed by atoms with Gasteiger partial charge in [0.15, 0.2) is 6.29 Å². The second kappa shape index (κ2) is 5.05. The van der Waals surface area contributed by atoms with Crippen LogP contribution in [0.25, 0.3) is 0 Å². The molecule has 5 atom stereocenters. The fraction of sp³-hybridized carbons (Fsp3) is 1.00. The van der Waals surface area contributed by atoms with Crippen LogP contribution in [-0.4, -0.2) is 67.5 Å². The van der Waals surface area contributed by atoms with Gasteiger partial charge in [0.2, 0.25) is 0 Å². The van der Waals surface area contributed by atoms with Crippen molar-refractivity contribution in [2.24, 2.45) is 0 Å². The summed E-state index contributed by atoms with van der Waals surface area (Å²) in [6.45, 7) is -0.730. The van der Waals surface area contributed by atoms with Crippen molar-refractivity contribution < 1.29 is 44.0 Å². The third-order valence-electron chi connectivity index (χ3n) is 2.09. The first kappa shape index (κ1) is 14.0. The maximum atomic E-state index is 10.4. The average Bonchev–Trinajstić information content (AvgIpc) is 2.17. The summed E-state index contributed by atoms with van der Waals surface area (Å²) in [5.41, 5.74) is 0. The van der Waals surface area contributed by atoms with Gasteiger partial charge in [-0.15, -0.1) is 0 Å². The van der Waals surface area contributed by atoms with Gasteiger partial charge in [-0.3, -0.25) is 4.52 Å². The SMILES string of the molecule is O=P(O)(O)OC[C@@H]1O[C@@H](O)[C@H](O)[C@H](O)[C@H]1O. The zero-order valence-corrected chi connectivity index (χ0v) is 8.84. The molecule has 1 fully saturated rings. The highest BCUT2D eigenvalue weighted by atomic mass is 31.2. The predicted molar refractivity (Wildman–Crippen MR) is 46.9 cm³/mol. The van der Waals surface area contributed by atoms with Gasteiger partial charge in [-0.1, -0.05) is 0 Å². The molecule has 0 saturated carbocycles. The molecule has 16 heavy (non-hydrogen) atoms. The lowest BCUT2D eigenvalue weighted by Crippen LogP contribution is -2.58. The largest absolute Gasteiger partial charge is 0.469 e. The molecule has 1 saturated heterocycles. The average molecular weight is 260 g/mol. The highest BCUT2D eigenvalue weighted by molar-refractivity contribution is 7.46. The number of ether oxygens (including phenoxy) is 1. The summed E-state index contributed by atoms with van der Waals surface area (Å²) < 4.78 is 19.0. The second-order valence-corrected chi connectivity index (χ2v) is 4.56. The van der Waals surface area contributed by atoms with Crippen molar-refractivity contribution in [2.45, 2.75) is 30.7 Å². The molecule has 0 radical (unpaired) electrons. The molecule has 0 bridgehead atoms. The third kappa shape index (κ3) is 3.45. The molecule has 0 aliphatic carbocycles. The molecule has 6 N–H and O–H groups in total. The van der Waals surface area contributed by atoms with Gasteiger partial charge in [0.25, 0.3) is 0 Å². The molecule has 0 spiro atoms. The van der Waals surface area contributed by atoms with Crippen LogP contribution in [0.2, 0.25) is 0 Å². The molecule has 1 aliphatic heterocycles. The lowest BCUT2D eigenvalue weighted by Gasteiger charge is -2.38. The van der Waals surface area contributed by atoms with Gasteiger partial charge in [-0.05, 0) is 0 Å². The Balaban J connectivity index is 2.57. The number of aliphatic hydroxyl groups is 4. The molecular weight excluding hydrogens is 247 g/mol. The Morgan fingerprint density at radius 2 is 1.62 bits per heavy atom. The molecular formula is C6H13O9P. The van der Waals surface area contributed by atoms with E-state index in [1.807, 2.05) is 0 Å². The van der Waals surface area contributed by atoms with E-state index in [1.54, 1.807) is 0 Å². The highest BCUT2D eigenvalue weighted by Gasteiger charge is 2.43. The van der Waals surface area contributed by atoms with Crippen molar-refractivity contribution in [3.8, 4) is 0 Å². The molecule has 0 aromatic carbocycles. The maximum Gasteiger partial charge on any atom is 0.469 e. The van der Waals surface area contributed by atoms with E-state index < -0.39 is 45.1 Å². The molecule has 0 aromatic rings. The molecule has 10 heteroatoms. The number of phosphoric acid groups is 1. The van der Waals surface area contributed by atoms with Crippen molar-refractivity contribution in [2.75, 3.05) is 6.61 Å². The van der Waals surface area contributed by atoms with Gasteiger partial charge in [-0.2, -0.15) is 0 Å². The lowest BCUT2D eigenvalue weighted by atomic mass is 10.00. The molecule has 1 heterocycles. The maximum absolute atomic E-state index is 10.4. The van der Waals surface area contributed by atoms with Gasteiger partial charge in [0.05, 0.1) is 6.61 Å². The van der Waals surface area contributed by atoms with Crippen molar-refractivity contribution in [3.05, 3.63) is 0 Å². The van der Waals surface area contributed by atoms with E-state index in [4.69, 9.17) is 20.0 Å². The summed E-state index contributed by atoms with van der Waals surface area (Å²) in [5.74, 6) is 0. The van der Waals surface area contributed by atoms with Gasteiger partial charge in [0.1, 0.15) is 24.4 Å². The fourth-order valence-corrected chi connectivity index (χ4v) is 1.58. The Morgan fingerprint density at radius 1 is 1.06 bits per heavy atom. The minimum absolute atomic E-state index is 0.730. The normalized spacial score (nSPS) is 41.0. The van der Waals surface area contributed by atoms with Crippen LogP contribution >= 0.6 is 7.82 Å². The van der Waals surface area contributed by atoms with E-state index in [-0.39, 0.29) is 0 Å². The smallest absolute Gasteiger partial charge is 0.387 e. The minimum atomic E-state index is -4.73. The number of rotatable bonds is 3. The summed E-state index contributed by atoms with van der Waals surface area (Å²) in [4.78, 5) is 16.8. The van der Waals surface area contributed by atoms with Crippen LogP contribution in [-0.2, 0) is 13.8 Å². The van der Waals surface area contributed by atoms with Crippen molar-refractivity contribution in [1.82, 2.24) is 0 Å². The van der Waals surface area contributed by atoms with Gasteiger partial charge >= 0.3 is 7.82 Å². The van der Waals surface area contributed by atoms with E-state index in [0.717, 1.165) is 0 Å². The van der Waals surface area contributed by atoms with Crippen molar-refractivity contribution >= 4 is 7.82 Å². The first-order valence-electron chi connectivity index (χ1n) is 4.30. The minimum Gasteiger partial charge on any atom is -0.387 e. The highest BCUT2D eigenvalue weighted by Crippen LogP contribution is 2.36. The lowest BCUT2D eigenvalue weighted by molar-refractivity contribution is -0.285. The van der Waals surface area contributed by atoms with Gasteiger partial charge in [-0.25, -0.2) is 4.57 Å². The van der Waals surface area contributed by atoms with Crippen LogP contribution in [0.15, 0.2) is 0 Å². The Morgan fingerprint density at radius 3 is 2.12 bits per heavy atom. The van der Waals surface area contributed by atoms with Crippen LogP contribution in [0.4, 0.5) is 0 Å². The Kier molecular flexibility index (Phi) is 4.41. The number of hydrogen-bond donors (Lipinski definition) is 6. The summed E-state index contributed by atoms with van der Waals surface area (Å²) in [5, 5.41) is 36.7. The monoisotopic (exact) mass is 260 g/mol. The van der Waals surface area contributed by atoms with Crippen LogP contribution in [0, 0.1) is 0 Å². The van der Waals surface area contributed by atoms with Crippen LogP contribution in [0.3, 0.4) is 0 Å². The third-order valence-corrected chi connectivity index (χ3v) is 2.58. The van der Waals surface area contributed by atoms with E-state index in [0.29, 0.717) is 0 Å². The van der Waals surface area contributed by atoms with Crippen LogP contribution < -0.4 is 0 Å². The fourth-order valence-electron chi connectivity index (χ4n) is 1.24. The topological polar surface area (TPSA) is 157 Å². The van der Waals surface area contributed by atoms with Crippen LogP contribution in [0.1, 0.15) is 0 Å². The van der Waals surface area contributed by atoms with Crippen molar-refractivity contribution in [1.29, 1.82) is 0 Å². The van der Waals surface area contributed by atoms with E-state index in [9.17, 15) is 14.8 Å². The zero-order valence-electron chi connectivity index (χ0n) is 7.95. The predicted octanol–water partition coefficient (Wildman–Crippen LogP) is -3.10. The van der Waals surface area contributed by atoms with E-state index in [1.165, 1.54) is 0 Å². The second-order valence-electron chi connectivity index (χ2n) is 3.32. The van der Waals surface area contributed by atoms with Crippen LogP contribution in [0.5, 0.6) is 0 Å². The Labute approximate surface area is 90.1 Å². The quantitative estimate of drug-likeness (QED) is 0.289. The molecule has 0 amide bonds. The summed E-state index contributed by atoms with van der Waals surface area (Å²) in [6.07, 6.45) is -8.11. The molecule has 0 unspecified atom stereocenters. The Hall–Kier alpha value is -0.0900. The Bertz CT molecular complexity index is 277. The zero-order chi connectivity index (χ0) is 12.5. The van der Waals surface area contributed by atoms with E-state index >= 15 is 0 Å². The molecule has 1 aliphatic rings. The molecule has 0 aromatic heterocycles. The van der Waals surface area contributed by atoms with Gasteiger partial charge in [0, 0.05) is 0 Å². The summed E-state index contributed by atoms with van der Waals surface area (Å²) in [7, 11) is -4.73. The van der Waals surface area contributed by atoms with E-state index in [2.05, 4.69) is 9.26 Å².